The number of benzene rings is 1. The summed E-state index contributed by atoms with van der Waals surface area (Å²) in [6, 6.07) is 4.54. The van der Waals surface area contributed by atoms with Crippen molar-refractivity contribution < 1.29 is 18.1 Å². The molecule has 202 valence electrons. The molecule has 1 fully saturated rings. The average Bonchev–Trinajstić information content (AvgIpc) is 3.25. The quantitative estimate of drug-likeness (QED) is 0.282. The minimum atomic E-state index is -3.09. The molecule has 3 unspecified atom stereocenters. The van der Waals surface area contributed by atoms with Crippen LogP contribution in [0, 0.1) is 0 Å². The maximum absolute atomic E-state index is 13.8. The summed E-state index contributed by atoms with van der Waals surface area (Å²) in [7, 11) is 1.96. The van der Waals surface area contributed by atoms with Gasteiger partial charge in [0, 0.05) is 56.7 Å². The van der Waals surface area contributed by atoms with Gasteiger partial charge in [-0.25, -0.2) is 4.99 Å². The predicted molar refractivity (Wildman–Crippen MR) is 151 cm³/mol. The molecule has 0 bridgehead atoms. The Hall–Kier alpha value is -1.61. The zero-order valence-electron chi connectivity index (χ0n) is 21.3. The lowest BCUT2D eigenvalue weighted by molar-refractivity contribution is 0.104. The first-order chi connectivity index (χ1) is 17.2. The number of halogens is 3. The number of nitrogens with one attached hydrogen (secondary N) is 1. The molecule has 0 saturated carbocycles. The topological polar surface area (TPSA) is 80.5 Å². The number of amidine groups is 1. The first-order valence-corrected chi connectivity index (χ1v) is 14.4. The van der Waals surface area contributed by atoms with E-state index in [0.717, 1.165) is 5.70 Å². The standard InChI is InChI=1S/C22H31ClF2N5O2PS.C2H6/c1-3-15(13-31)28-21(26-2)20-19(6-11-34(20)32)27-14-29-7-9-30(10-8-29)16-4-5-18(23)17(12-16)22(24,25)33;1-2/h4-5,12,14-15,31H,3,6-11,13,33H2,1-2H3,(H,26,28);1-2H3. The first kappa shape index (κ1) is 30.6. The van der Waals surface area contributed by atoms with Crippen molar-refractivity contribution in [3.8, 4) is 0 Å². The van der Waals surface area contributed by atoms with Crippen LogP contribution in [0.2, 0.25) is 5.02 Å². The minimum absolute atomic E-state index is 0.0395. The third kappa shape index (κ3) is 7.94. The minimum Gasteiger partial charge on any atom is -0.394 e. The van der Waals surface area contributed by atoms with E-state index < -0.39 is 16.5 Å². The largest absolute Gasteiger partial charge is 0.394 e. The fraction of sp³-hybridized carbons (Fsp3) is 0.583. The normalized spacial score (nSPS) is 20.0. The Kier molecular flexibility index (Phi) is 12.2. The van der Waals surface area contributed by atoms with Crippen LogP contribution in [0.5, 0.6) is 0 Å². The van der Waals surface area contributed by atoms with Gasteiger partial charge in [-0.1, -0.05) is 41.6 Å². The summed E-state index contributed by atoms with van der Waals surface area (Å²) in [6.07, 6.45) is 3.06. The summed E-state index contributed by atoms with van der Waals surface area (Å²) >= 11 is 5.96. The predicted octanol–water partition coefficient (Wildman–Crippen LogP) is 4.19. The Balaban J connectivity index is 0.00000222. The maximum Gasteiger partial charge on any atom is 0.285 e. The van der Waals surface area contributed by atoms with Gasteiger partial charge in [0.1, 0.15) is 10.7 Å². The number of rotatable bonds is 8. The van der Waals surface area contributed by atoms with E-state index in [1.165, 1.54) is 21.4 Å². The van der Waals surface area contributed by atoms with Crippen LogP contribution >= 0.6 is 20.8 Å². The van der Waals surface area contributed by atoms with Crippen molar-refractivity contribution in [2.75, 3.05) is 50.5 Å². The van der Waals surface area contributed by atoms with Gasteiger partial charge in [-0.15, -0.1) is 0 Å². The lowest BCUT2D eigenvalue weighted by atomic mass is 10.1. The van der Waals surface area contributed by atoms with Gasteiger partial charge < -0.3 is 20.2 Å². The molecule has 0 aromatic heterocycles. The molecule has 36 heavy (non-hydrogen) atoms. The average molecular weight is 564 g/mol. The van der Waals surface area contributed by atoms with Crippen molar-refractivity contribution in [1.82, 2.24) is 10.2 Å². The number of anilines is 1. The number of allylic oxidation sites excluding steroid dienone is 1. The van der Waals surface area contributed by atoms with Crippen LogP contribution in [0.1, 0.15) is 39.2 Å². The molecule has 12 heteroatoms. The summed E-state index contributed by atoms with van der Waals surface area (Å²) in [6.45, 7) is 8.54. The summed E-state index contributed by atoms with van der Waals surface area (Å²) in [4.78, 5) is 13.6. The molecule has 7 nitrogen and oxygen atoms in total. The molecule has 0 amide bonds. The molecule has 1 aromatic carbocycles. The molecule has 2 heterocycles. The van der Waals surface area contributed by atoms with Crippen LogP contribution in [0.25, 0.3) is 0 Å². The van der Waals surface area contributed by atoms with Gasteiger partial charge in [0.15, 0.2) is 0 Å². The van der Waals surface area contributed by atoms with Crippen LogP contribution < -0.4 is 10.2 Å². The van der Waals surface area contributed by atoms with E-state index in [9.17, 15) is 18.1 Å². The van der Waals surface area contributed by atoms with Crippen molar-refractivity contribution >= 4 is 49.5 Å². The van der Waals surface area contributed by atoms with Gasteiger partial charge in [-0.3, -0.25) is 9.20 Å². The first-order valence-electron chi connectivity index (χ1n) is 12.1. The Bertz CT molecular complexity index is 991. The number of aliphatic hydroxyl groups excluding tert-OH is 1. The second-order valence-corrected chi connectivity index (χ2v) is 10.8. The molecular formula is C24H37ClF2N5O2PS. The molecule has 2 N–H and O–H groups in total. The molecule has 0 aliphatic carbocycles. The van der Waals surface area contributed by atoms with Crippen molar-refractivity contribution in [2.45, 2.75) is 45.3 Å². The highest BCUT2D eigenvalue weighted by Crippen LogP contribution is 2.40. The zero-order chi connectivity index (χ0) is 26.9. The van der Waals surface area contributed by atoms with Crippen LogP contribution in [-0.2, 0) is 16.5 Å². The summed E-state index contributed by atoms with van der Waals surface area (Å²) in [5.74, 6) is 1.00. The smallest absolute Gasteiger partial charge is 0.285 e. The van der Waals surface area contributed by atoms with Crippen LogP contribution in [0.4, 0.5) is 14.5 Å². The fourth-order valence-electron chi connectivity index (χ4n) is 3.82. The van der Waals surface area contributed by atoms with E-state index in [4.69, 9.17) is 11.6 Å². The highest BCUT2D eigenvalue weighted by Gasteiger charge is 2.29. The lowest BCUT2D eigenvalue weighted by Crippen LogP contribution is -2.45. The van der Waals surface area contributed by atoms with Crippen molar-refractivity contribution in [3.63, 3.8) is 0 Å². The Labute approximate surface area is 222 Å². The second-order valence-electron chi connectivity index (χ2n) is 8.13. The zero-order valence-corrected chi connectivity index (χ0v) is 24.0. The highest BCUT2D eigenvalue weighted by molar-refractivity contribution is 7.90. The molecular weight excluding hydrogens is 527 g/mol. The van der Waals surface area contributed by atoms with Gasteiger partial charge in [-0.2, -0.15) is 8.78 Å². The van der Waals surface area contributed by atoms with E-state index in [0.29, 0.717) is 61.2 Å². The molecule has 3 atom stereocenters. The summed E-state index contributed by atoms with van der Waals surface area (Å²) in [5.41, 5.74) is -1.86. The van der Waals surface area contributed by atoms with E-state index in [1.54, 1.807) is 19.5 Å². The van der Waals surface area contributed by atoms with Crippen LogP contribution in [0.3, 0.4) is 0 Å². The van der Waals surface area contributed by atoms with Gasteiger partial charge in [0.25, 0.3) is 5.66 Å². The molecule has 1 saturated heterocycles. The van der Waals surface area contributed by atoms with Crippen molar-refractivity contribution in [1.29, 1.82) is 0 Å². The molecule has 0 spiro atoms. The second kappa shape index (κ2) is 14.4. The molecule has 0 radical (unpaired) electrons. The van der Waals surface area contributed by atoms with E-state index >= 15 is 0 Å². The van der Waals surface area contributed by atoms with Crippen LogP contribution in [0.15, 0.2) is 38.8 Å². The maximum atomic E-state index is 13.8. The van der Waals surface area contributed by atoms with Crippen molar-refractivity contribution in [3.05, 3.63) is 39.4 Å². The monoisotopic (exact) mass is 563 g/mol. The fourth-order valence-corrected chi connectivity index (χ4v) is 5.76. The van der Waals surface area contributed by atoms with E-state index in [-0.39, 0.29) is 23.2 Å². The van der Waals surface area contributed by atoms with Crippen LogP contribution in [-0.4, -0.2) is 78.0 Å². The number of hydrogen-bond acceptors (Lipinski definition) is 5. The molecule has 2 aliphatic rings. The number of piperazine rings is 1. The third-order valence-corrected chi connectivity index (χ3v) is 7.97. The van der Waals surface area contributed by atoms with Gasteiger partial charge in [0.2, 0.25) is 0 Å². The SMILES string of the molecule is CC.CCC(CO)NC(=NC)C1=C(N=CN2CCN(c3ccc(Cl)c(C(F)(F)P)c3)CC2)CCS1=O. The summed E-state index contributed by atoms with van der Waals surface area (Å²) in [5, 5.41) is 12.7. The third-order valence-electron chi connectivity index (χ3n) is 5.87. The van der Waals surface area contributed by atoms with Gasteiger partial charge >= 0.3 is 0 Å². The van der Waals surface area contributed by atoms with E-state index in [2.05, 4.69) is 20.2 Å². The number of nitrogens with zero attached hydrogens (tertiary/aromatic N) is 4. The van der Waals surface area contributed by atoms with E-state index in [1.807, 2.05) is 25.7 Å². The molecule has 3 rings (SSSR count). The number of hydrogen-bond donors (Lipinski definition) is 2. The Morgan fingerprint density at radius 1 is 1.33 bits per heavy atom. The van der Waals surface area contributed by atoms with Gasteiger partial charge in [0.05, 0.1) is 40.5 Å². The number of aliphatic imine (C=N–C) groups is 2. The molecule has 1 aromatic rings. The highest BCUT2D eigenvalue weighted by atomic mass is 35.5. The Morgan fingerprint density at radius 3 is 2.56 bits per heavy atom. The number of alkyl halides is 2. The summed E-state index contributed by atoms with van der Waals surface area (Å²) < 4.78 is 40.2. The number of aliphatic hydroxyl groups is 1. The lowest BCUT2D eigenvalue weighted by Gasteiger charge is -2.35. The Morgan fingerprint density at radius 2 is 2.00 bits per heavy atom. The van der Waals surface area contributed by atoms with Crippen molar-refractivity contribution in [2.24, 2.45) is 9.98 Å². The van der Waals surface area contributed by atoms with Gasteiger partial charge in [-0.05, 0) is 24.6 Å². The molecule has 2 aliphatic heterocycles.